The van der Waals surface area contributed by atoms with Crippen molar-refractivity contribution in [2.45, 2.75) is 25.3 Å². The summed E-state index contributed by atoms with van der Waals surface area (Å²) in [6.07, 6.45) is 2.26. The SMILES string of the molecule is CN(C(=O)COC(=O)c1ccc(N2CCCC2)c([N+](=O)[O-])c1)C1CCS(=O)(=O)C1. The van der Waals surface area contributed by atoms with Gasteiger partial charge in [-0.3, -0.25) is 14.9 Å². The van der Waals surface area contributed by atoms with E-state index >= 15 is 0 Å². The fourth-order valence-electron chi connectivity index (χ4n) is 3.62. The summed E-state index contributed by atoms with van der Waals surface area (Å²) in [4.78, 5) is 38.6. The van der Waals surface area contributed by atoms with Crippen molar-refractivity contribution in [3.05, 3.63) is 33.9 Å². The maximum Gasteiger partial charge on any atom is 0.338 e. The zero-order valence-electron chi connectivity index (χ0n) is 16.1. The van der Waals surface area contributed by atoms with Crippen molar-refractivity contribution in [3.8, 4) is 0 Å². The van der Waals surface area contributed by atoms with Crippen LogP contribution < -0.4 is 4.90 Å². The van der Waals surface area contributed by atoms with Crippen molar-refractivity contribution in [2.75, 3.05) is 43.1 Å². The van der Waals surface area contributed by atoms with Gasteiger partial charge in [0.25, 0.3) is 11.6 Å². The Labute approximate surface area is 168 Å². The molecule has 0 aromatic heterocycles. The van der Waals surface area contributed by atoms with Gasteiger partial charge in [-0.25, -0.2) is 13.2 Å². The number of sulfone groups is 1. The van der Waals surface area contributed by atoms with Gasteiger partial charge in [-0.1, -0.05) is 0 Å². The molecular weight excluding hydrogens is 402 g/mol. The van der Waals surface area contributed by atoms with Gasteiger partial charge >= 0.3 is 5.97 Å². The molecule has 1 atom stereocenters. The molecule has 0 radical (unpaired) electrons. The van der Waals surface area contributed by atoms with E-state index in [0.29, 0.717) is 12.1 Å². The number of hydrogen-bond donors (Lipinski definition) is 0. The number of carbonyl (C=O) groups is 2. The molecule has 0 spiro atoms. The smallest absolute Gasteiger partial charge is 0.338 e. The number of benzene rings is 1. The van der Waals surface area contributed by atoms with E-state index in [1.807, 2.05) is 4.90 Å². The second-order valence-corrected chi connectivity index (χ2v) is 9.52. The molecule has 3 rings (SSSR count). The lowest BCUT2D eigenvalue weighted by molar-refractivity contribution is -0.384. The molecular formula is C18H23N3O7S. The normalized spacial score (nSPS) is 20.4. The number of likely N-dealkylation sites (N-methyl/N-ethyl adjacent to an activating group) is 1. The molecule has 11 heteroatoms. The van der Waals surface area contributed by atoms with E-state index in [1.165, 1.54) is 24.1 Å². The quantitative estimate of drug-likeness (QED) is 0.375. The lowest BCUT2D eigenvalue weighted by Crippen LogP contribution is -2.40. The van der Waals surface area contributed by atoms with E-state index in [9.17, 15) is 28.1 Å². The Kier molecular flexibility index (Phi) is 6.06. The summed E-state index contributed by atoms with van der Waals surface area (Å²) in [6, 6.07) is 3.69. The molecule has 2 heterocycles. The number of ether oxygens (including phenoxy) is 1. The number of rotatable bonds is 6. The van der Waals surface area contributed by atoms with Gasteiger partial charge < -0.3 is 14.5 Å². The van der Waals surface area contributed by atoms with E-state index in [1.54, 1.807) is 0 Å². The van der Waals surface area contributed by atoms with Crippen LogP contribution in [-0.2, 0) is 19.4 Å². The first-order chi connectivity index (χ1) is 13.7. The van der Waals surface area contributed by atoms with E-state index in [2.05, 4.69) is 0 Å². The molecule has 2 aliphatic heterocycles. The maximum atomic E-state index is 12.3. The first-order valence-corrected chi connectivity index (χ1v) is 11.2. The first kappa shape index (κ1) is 21.0. The average Bonchev–Trinajstić information content (AvgIpc) is 3.34. The lowest BCUT2D eigenvalue weighted by Gasteiger charge is -2.23. The minimum absolute atomic E-state index is 0.0152. The van der Waals surface area contributed by atoms with Gasteiger partial charge in [-0.15, -0.1) is 0 Å². The number of hydrogen-bond acceptors (Lipinski definition) is 8. The van der Waals surface area contributed by atoms with Crippen LogP contribution in [0, 0.1) is 10.1 Å². The molecule has 2 saturated heterocycles. The molecule has 29 heavy (non-hydrogen) atoms. The Bertz CT molecular complexity index is 925. The molecule has 0 saturated carbocycles. The Morgan fingerprint density at radius 1 is 1.31 bits per heavy atom. The zero-order valence-corrected chi connectivity index (χ0v) is 16.9. The summed E-state index contributed by atoms with van der Waals surface area (Å²) < 4.78 is 28.1. The molecule has 1 unspecified atom stereocenters. The minimum Gasteiger partial charge on any atom is -0.452 e. The average molecular weight is 425 g/mol. The third-order valence-corrected chi connectivity index (χ3v) is 7.08. The number of carbonyl (C=O) groups excluding carboxylic acids is 2. The van der Waals surface area contributed by atoms with Gasteiger partial charge in [-0.05, 0) is 31.4 Å². The molecule has 2 fully saturated rings. The molecule has 2 aliphatic rings. The van der Waals surface area contributed by atoms with Crippen LogP contribution in [0.2, 0.25) is 0 Å². The second kappa shape index (κ2) is 8.36. The molecule has 158 valence electrons. The zero-order chi connectivity index (χ0) is 21.2. The molecule has 0 bridgehead atoms. The number of nitrogens with zero attached hydrogens (tertiary/aromatic N) is 3. The highest BCUT2D eigenvalue weighted by atomic mass is 32.2. The predicted molar refractivity (Wildman–Crippen MR) is 105 cm³/mol. The van der Waals surface area contributed by atoms with Crippen LogP contribution in [0.3, 0.4) is 0 Å². The Hall–Kier alpha value is -2.69. The van der Waals surface area contributed by atoms with Crippen LogP contribution in [0.5, 0.6) is 0 Å². The summed E-state index contributed by atoms with van der Waals surface area (Å²) >= 11 is 0. The van der Waals surface area contributed by atoms with Crippen molar-refractivity contribution >= 4 is 33.1 Å². The van der Waals surface area contributed by atoms with E-state index in [0.717, 1.165) is 32.0 Å². The van der Waals surface area contributed by atoms with Gasteiger partial charge in [0.15, 0.2) is 16.4 Å². The van der Waals surface area contributed by atoms with Crippen molar-refractivity contribution in [1.82, 2.24) is 4.90 Å². The van der Waals surface area contributed by atoms with Crippen LogP contribution >= 0.6 is 0 Å². The first-order valence-electron chi connectivity index (χ1n) is 9.34. The van der Waals surface area contributed by atoms with Crippen molar-refractivity contribution in [2.24, 2.45) is 0 Å². The van der Waals surface area contributed by atoms with Crippen molar-refractivity contribution in [3.63, 3.8) is 0 Å². The number of nitro groups is 1. The van der Waals surface area contributed by atoms with Gasteiger partial charge in [0, 0.05) is 32.2 Å². The van der Waals surface area contributed by atoms with Gasteiger partial charge in [-0.2, -0.15) is 0 Å². The molecule has 10 nitrogen and oxygen atoms in total. The highest BCUT2D eigenvalue weighted by molar-refractivity contribution is 7.91. The van der Waals surface area contributed by atoms with Gasteiger partial charge in [0.05, 0.1) is 22.0 Å². The van der Waals surface area contributed by atoms with Gasteiger partial charge in [0.2, 0.25) is 0 Å². The van der Waals surface area contributed by atoms with Gasteiger partial charge in [0.1, 0.15) is 5.69 Å². The highest BCUT2D eigenvalue weighted by Crippen LogP contribution is 2.31. The second-order valence-electron chi connectivity index (χ2n) is 7.29. The third kappa shape index (κ3) is 4.84. The number of anilines is 1. The minimum atomic E-state index is -3.14. The topological polar surface area (TPSA) is 127 Å². The molecule has 0 N–H and O–H groups in total. The fraction of sp³-hybridized carbons (Fsp3) is 0.556. The molecule has 0 aliphatic carbocycles. The summed E-state index contributed by atoms with van der Waals surface area (Å²) in [5, 5.41) is 11.4. The van der Waals surface area contributed by atoms with Crippen LogP contribution in [0.1, 0.15) is 29.6 Å². The molecule has 1 amide bonds. The summed E-state index contributed by atoms with van der Waals surface area (Å²) in [5.41, 5.74) is 0.266. The molecule has 1 aromatic carbocycles. The Balaban J connectivity index is 1.63. The molecule has 1 aromatic rings. The standard InChI is InChI=1S/C18H23N3O7S/c1-19(14-6-9-29(26,27)12-14)17(22)11-28-18(23)13-4-5-15(16(10-13)21(24)25)20-7-2-3-8-20/h4-5,10,14H,2-3,6-9,11-12H2,1H3. The number of esters is 1. The highest BCUT2D eigenvalue weighted by Gasteiger charge is 2.33. The van der Waals surface area contributed by atoms with E-state index < -0.39 is 39.3 Å². The van der Waals surface area contributed by atoms with Crippen LogP contribution in [0.4, 0.5) is 11.4 Å². The van der Waals surface area contributed by atoms with Crippen molar-refractivity contribution in [1.29, 1.82) is 0 Å². The van der Waals surface area contributed by atoms with E-state index in [-0.39, 0.29) is 22.8 Å². The number of nitro benzene ring substituents is 1. The summed E-state index contributed by atoms with van der Waals surface area (Å²) in [6.45, 7) is 0.887. The van der Waals surface area contributed by atoms with Crippen molar-refractivity contribution < 1.29 is 27.7 Å². The van der Waals surface area contributed by atoms with Crippen LogP contribution in [0.25, 0.3) is 0 Å². The lowest BCUT2D eigenvalue weighted by atomic mass is 10.1. The monoisotopic (exact) mass is 425 g/mol. The largest absolute Gasteiger partial charge is 0.452 e. The van der Waals surface area contributed by atoms with Crippen LogP contribution in [-0.4, -0.2) is 74.4 Å². The Morgan fingerprint density at radius 2 is 2.00 bits per heavy atom. The fourth-order valence-corrected chi connectivity index (χ4v) is 5.39. The third-order valence-electron chi connectivity index (χ3n) is 5.33. The van der Waals surface area contributed by atoms with E-state index in [4.69, 9.17) is 4.74 Å². The number of amides is 1. The predicted octanol–water partition coefficient (Wildman–Crippen LogP) is 0.997. The summed E-state index contributed by atoms with van der Waals surface area (Å²) in [5.74, 6) is -1.44. The van der Waals surface area contributed by atoms with Crippen LogP contribution in [0.15, 0.2) is 18.2 Å². The summed E-state index contributed by atoms with van der Waals surface area (Å²) in [7, 11) is -1.67. The Morgan fingerprint density at radius 3 is 2.59 bits per heavy atom. The maximum absolute atomic E-state index is 12.3.